The number of halogens is 3. The molecule has 162 valence electrons. The molecule has 2 atom stereocenters. The van der Waals surface area contributed by atoms with E-state index >= 15 is 0 Å². The molecule has 5 nitrogen and oxygen atoms in total. The molecule has 1 aliphatic carbocycles. The van der Waals surface area contributed by atoms with Crippen LogP contribution < -0.4 is 0 Å². The van der Waals surface area contributed by atoms with Crippen LogP contribution in [0.25, 0.3) is 0 Å². The van der Waals surface area contributed by atoms with Crippen LogP contribution in [-0.4, -0.2) is 82.6 Å². The molecule has 0 bridgehead atoms. The van der Waals surface area contributed by atoms with Crippen LogP contribution in [0.3, 0.4) is 0 Å². The lowest BCUT2D eigenvalue weighted by atomic mass is 9.91. The Morgan fingerprint density at radius 3 is 2.69 bits per heavy atom. The van der Waals surface area contributed by atoms with Gasteiger partial charge in [-0.3, -0.25) is 4.90 Å². The molecule has 3 rings (SSSR count). The first-order valence-electron chi connectivity index (χ1n) is 9.95. The summed E-state index contributed by atoms with van der Waals surface area (Å²) in [4.78, 5) is 10.7. The van der Waals surface area contributed by atoms with E-state index in [-0.39, 0.29) is 5.03 Å². The molecule has 0 aromatic carbocycles. The number of amidine groups is 1. The zero-order valence-corrected chi connectivity index (χ0v) is 18.5. The smallest absolute Gasteiger partial charge is 0.253 e. The van der Waals surface area contributed by atoms with Gasteiger partial charge in [0.25, 0.3) is 5.92 Å². The van der Waals surface area contributed by atoms with Gasteiger partial charge in [0.2, 0.25) is 0 Å². The second-order valence-corrected chi connectivity index (χ2v) is 9.23. The molecule has 0 aromatic heterocycles. The maximum Gasteiger partial charge on any atom is 0.253 e. The van der Waals surface area contributed by atoms with Gasteiger partial charge < -0.3 is 14.9 Å². The van der Waals surface area contributed by atoms with Gasteiger partial charge in [0.15, 0.2) is 5.17 Å². The summed E-state index contributed by atoms with van der Waals surface area (Å²) < 4.78 is 27.6. The number of allylic oxidation sites excluding steroid dienone is 4. The number of thioether (sulfide) groups is 1. The number of aliphatic hydroxyl groups is 1. The van der Waals surface area contributed by atoms with Crippen molar-refractivity contribution < 1.29 is 13.9 Å². The van der Waals surface area contributed by atoms with Gasteiger partial charge in [-0.25, -0.2) is 13.8 Å². The standard InChI is InChI=1S/C20H29ClF2N4OS/c1-20(22,23)16-14-15(4-5-17(16)21)27-11-9-26(10-12-27)8-3-13-29-19-24-7-6-18(28)25(19)2/h4-7,16,18,28H,3,8-14H2,1-2H3. The normalized spacial score (nSPS) is 26.3. The lowest BCUT2D eigenvalue weighted by Gasteiger charge is -2.39. The van der Waals surface area contributed by atoms with Gasteiger partial charge in [-0.15, -0.1) is 0 Å². The van der Waals surface area contributed by atoms with Gasteiger partial charge in [-0.05, 0) is 31.2 Å². The second kappa shape index (κ2) is 9.81. The lowest BCUT2D eigenvalue weighted by Crippen LogP contribution is -2.46. The van der Waals surface area contributed by atoms with Crippen LogP contribution in [0.4, 0.5) is 8.78 Å². The molecule has 29 heavy (non-hydrogen) atoms. The number of rotatable bonds is 6. The molecule has 0 spiro atoms. The molecule has 1 fully saturated rings. The molecule has 2 aliphatic heterocycles. The number of piperazine rings is 1. The highest BCUT2D eigenvalue weighted by Crippen LogP contribution is 2.40. The van der Waals surface area contributed by atoms with Crippen LogP contribution in [0.1, 0.15) is 19.8 Å². The van der Waals surface area contributed by atoms with Crippen LogP contribution in [0.5, 0.6) is 0 Å². The van der Waals surface area contributed by atoms with Crippen LogP contribution in [0.2, 0.25) is 0 Å². The van der Waals surface area contributed by atoms with Gasteiger partial charge in [0, 0.05) is 69.3 Å². The van der Waals surface area contributed by atoms with E-state index in [4.69, 9.17) is 11.6 Å². The Bertz CT molecular complexity index is 699. The fourth-order valence-electron chi connectivity index (χ4n) is 3.69. The molecule has 2 unspecified atom stereocenters. The van der Waals surface area contributed by atoms with Gasteiger partial charge in [0.1, 0.15) is 6.23 Å². The van der Waals surface area contributed by atoms with Crippen molar-refractivity contribution in [2.24, 2.45) is 10.9 Å². The van der Waals surface area contributed by atoms with Crippen molar-refractivity contribution in [3.8, 4) is 0 Å². The lowest BCUT2D eigenvalue weighted by molar-refractivity contribution is -0.0255. The molecule has 1 saturated heterocycles. The Labute approximate surface area is 180 Å². The third-order valence-corrected chi connectivity index (χ3v) is 7.10. The maximum absolute atomic E-state index is 13.8. The number of nitrogens with zero attached hydrogens (tertiary/aromatic N) is 4. The van der Waals surface area contributed by atoms with E-state index in [2.05, 4.69) is 14.8 Å². The largest absolute Gasteiger partial charge is 0.372 e. The number of hydrogen-bond acceptors (Lipinski definition) is 6. The van der Waals surface area contributed by atoms with E-state index in [9.17, 15) is 13.9 Å². The van der Waals surface area contributed by atoms with E-state index in [0.717, 1.165) is 62.7 Å². The first-order valence-corrected chi connectivity index (χ1v) is 11.3. The summed E-state index contributed by atoms with van der Waals surface area (Å²) in [6, 6.07) is 0. The molecule has 0 amide bonds. The minimum absolute atomic E-state index is 0.244. The van der Waals surface area contributed by atoms with Gasteiger partial charge in [-0.2, -0.15) is 0 Å². The summed E-state index contributed by atoms with van der Waals surface area (Å²) in [5, 5.41) is 10.9. The van der Waals surface area contributed by atoms with Crippen molar-refractivity contribution in [2.45, 2.75) is 31.9 Å². The molecule has 0 aromatic rings. The fourth-order valence-corrected chi connectivity index (χ4v) is 4.92. The number of aliphatic hydroxyl groups excluding tert-OH is 1. The summed E-state index contributed by atoms with van der Waals surface area (Å²) in [6.45, 7) is 5.48. The van der Waals surface area contributed by atoms with Gasteiger partial charge >= 0.3 is 0 Å². The third kappa shape index (κ3) is 5.96. The molecule has 1 N–H and O–H groups in total. The van der Waals surface area contributed by atoms with Crippen LogP contribution in [0, 0.1) is 5.92 Å². The minimum Gasteiger partial charge on any atom is -0.372 e. The van der Waals surface area contributed by atoms with Crippen molar-refractivity contribution in [1.82, 2.24) is 14.7 Å². The molecule has 0 radical (unpaired) electrons. The van der Waals surface area contributed by atoms with E-state index in [1.54, 1.807) is 35.0 Å². The van der Waals surface area contributed by atoms with Crippen molar-refractivity contribution in [3.63, 3.8) is 0 Å². The monoisotopic (exact) mass is 446 g/mol. The zero-order valence-electron chi connectivity index (χ0n) is 16.9. The van der Waals surface area contributed by atoms with Crippen molar-refractivity contribution in [1.29, 1.82) is 0 Å². The summed E-state index contributed by atoms with van der Waals surface area (Å²) in [6.07, 6.45) is 7.54. The summed E-state index contributed by atoms with van der Waals surface area (Å²) in [5.74, 6) is -2.80. The average Bonchev–Trinajstić information content (AvgIpc) is 2.68. The maximum atomic E-state index is 13.8. The highest BCUT2D eigenvalue weighted by Gasteiger charge is 2.39. The van der Waals surface area contributed by atoms with Gasteiger partial charge in [-0.1, -0.05) is 23.4 Å². The molecule has 3 aliphatic rings. The van der Waals surface area contributed by atoms with Crippen LogP contribution >= 0.6 is 23.4 Å². The molecule has 2 heterocycles. The van der Waals surface area contributed by atoms with Crippen molar-refractivity contribution in [2.75, 3.05) is 45.5 Å². The highest BCUT2D eigenvalue weighted by atomic mass is 35.5. The quantitative estimate of drug-likeness (QED) is 0.632. The van der Waals surface area contributed by atoms with E-state index < -0.39 is 18.1 Å². The van der Waals surface area contributed by atoms with Crippen molar-refractivity contribution in [3.05, 3.63) is 35.2 Å². The summed E-state index contributed by atoms with van der Waals surface area (Å²) >= 11 is 7.67. The predicted octanol–water partition coefficient (Wildman–Crippen LogP) is 3.54. The van der Waals surface area contributed by atoms with E-state index in [1.807, 2.05) is 13.1 Å². The molecular formula is C20H29ClF2N4OS. The molecule has 0 saturated carbocycles. The minimum atomic E-state index is -2.81. The first-order chi connectivity index (χ1) is 13.8. The predicted molar refractivity (Wildman–Crippen MR) is 116 cm³/mol. The fraction of sp³-hybridized carbons (Fsp3) is 0.650. The Morgan fingerprint density at radius 1 is 1.28 bits per heavy atom. The third-order valence-electron chi connectivity index (χ3n) is 5.56. The van der Waals surface area contributed by atoms with Gasteiger partial charge in [0.05, 0.1) is 5.92 Å². The van der Waals surface area contributed by atoms with E-state index in [1.165, 1.54) is 0 Å². The SMILES string of the molecule is CN1C(SCCCN2CCN(C3=CC=C(Cl)C(C(C)(F)F)C3)CC2)=NC=CC1O. The van der Waals surface area contributed by atoms with E-state index in [0.29, 0.717) is 6.42 Å². The Morgan fingerprint density at radius 2 is 2.00 bits per heavy atom. The topological polar surface area (TPSA) is 42.3 Å². The molecular weight excluding hydrogens is 418 g/mol. The number of hydrogen-bond donors (Lipinski definition) is 1. The Balaban J connectivity index is 1.39. The summed E-state index contributed by atoms with van der Waals surface area (Å²) in [7, 11) is 1.83. The second-order valence-electron chi connectivity index (χ2n) is 7.73. The van der Waals surface area contributed by atoms with Crippen LogP contribution in [-0.2, 0) is 0 Å². The summed E-state index contributed by atoms with van der Waals surface area (Å²) in [5.41, 5.74) is 0.959. The zero-order chi connectivity index (χ0) is 21.0. The van der Waals surface area contributed by atoms with Crippen LogP contribution in [0.15, 0.2) is 40.1 Å². The number of aliphatic imine (C=N–C) groups is 1. The number of likely N-dealkylation sites (N-methyl/N-ethyl adjacent to an activating group) is 1. The van der Waals surface area contributed by atoms with Crippen molar-refractivity contribution >= 4 is 28.5 Å². The Hall–Kier alpha value is -1.09. The average molecular weight is 447 g/mol. The number of alkyl halides is 2. The first kappa shape index (κ1) is 22.6. The molecule has 9 heteroatoms. The highest BCUT2D eigenvalue weighted by molar-refractivity contribution is 8.13. The Kier molecular flexibility index (Phi) is 7.64.